The van der Waals surface area contributed by atoms with Gasteiger partial charge in [-0.2, -0.15) is 0 Å². The Morgan fingerprint density at radius 3 is 3.00 bits per heavy atom. The summed E-state index contributed by atoms with van der Waals surface area (Å²) in [5.74, 6) is 0.529. The molecule has 0 bridgehead atoms. The van der Waals surface area contributed by atoms with Crippen LogP contribution in [0.4, 0.5) is 0 Å². The summed E-state index contributed by atoms with van der Waals surface area (Å²) in [6.07, 6.45) is 5.62. The molecule has 6 nitrogen and oxygen atoms in total. The van der Waals surface area contributed by atoms with Gasteiger partial charge in [0.2, 0.25) is 0 Å². The van der Waals surface area contributed by atoms with Gasteiger partial charge in [0, 0.05) is 18.3 Å². The Morgan fingerprint density at radius 2 is 2.15 bits per heavy atom. The summed E-state index contributed by atoms with van der Waals surface area (Å²) in [6, 6.07) is 0. The molecule has 1 aliphatic heterocycles. The van der Waals surface area contributed by atoms with Crippen molar-refractivity contribution in [2.24, 2.45) is 0 Å². The highest BCUT2D eigenvalue weighted by atomic mass is 35.5. The first kappa shape index (κ1) is 12.5. The normalized spacial score (nSPS) is 31.9. The fourth-order valence-corrected chi connectivity index (χ4v) is 3.46. The van der Waals surface area contributed by atoms with Crippen molar-refractivity contribution in [2.45, 2.75) is 50.6 Å². The smallest absolute Gasteiger partial charge is 0.198 e. The molecule has 7 heteroatoms. The molecule has 2 unspecified atom stereocenters. The second-order valence-electron chi connectivity index (χ2n) is 5.79. The summed E-state index contributed by atoms with van der Waals surface area (Å²) in [5.41, 5.74) is 0.589. The minimum atomic E-state index is -0.520. The van der Waals surface area contributed by atoms with E-state index in [4.69, 9.17) is 21.1 Å². The maximum absolute atomic E-state index is 6.04. The molecule has 3 atom stereocenters. The zero-order valence-corrected chi connectivity index (χ0v) is 12.0. The molecule has 2 aliphatic rings. The summed E-state index contributed by atoms with van der Waals surface area (Å²) in [5, 5.41) is 8.80. The van der Waals surface area contributed by atoms with Gasteiger partial charge >= 0.3 is 0 Å². The highest BCUT2D eigenvalue weighted by molar-refractivity contribution is 6.32. The number of hydrogen-bond acceptors (Lipinski definition) is 5. The Labute approximate surface area is 121 Å². The molecule has 3 heterocycles. The van der Waals surface area contributed by atoms with E-state index < -0.39 is 5.79 Å². The van der Waals surface area contributed by atoms with Gasteiger partial charge < -0.3 is 9.47 Å². The Hall–Kier alpha value is -1.24. The molecule has 106 valence electrons. The minimum Gasteiger partial charge on any atom is -0.345 e. The van der Waals surface area contributed by atoms with Crippen molar-refractivity contribution in [3.05, 3.63) is 23.4 Å². The SMILES string of the molecule is CC1(C)OC2CC[C@@H](c3nnc4c(Cl)nccn34)C2O1. The van der Waals surface area contributed by atoms with Gasteiger partial charge in [-0.25, -0.2) is 4.98 Å². The number of nitrogens with zero attached hydrogens (tertiary/aromatic N) is 4. The lowest BCUT2D eigenvalue weighted by Crippen LogP contribution is -2.25. The summed E-state index contributed by atoms with van der Waals surface area (Å²) in [7, 11) is 0. The monoisotopic (exact) mass is 294 g/mol. The largest absolute Gasteiger partial charge is 0.345 e. The van der Waals surface area contributed by atoms with Crippen LogP contribution in [0.25, 0.3) is 5.65 Å². The van der Waals surface area contributed by atoms with E-state index in [1.54, 1.807) is 6.20 Å². The van der Waals surface area contributed by atoms with Crippen LogP contribution in [0.15, 0.2) is 12.4 Å². The summed E-state index contributed by atoms with van der Waals surface area (Å²) in [6.45, 7) is 3.90. The van der Waals surface area contributed by atoms with Crippen molar-refractivity contribution in [1.29, 1.82) is 0 Å². The van der Waals surface area contributed by atoms with E-state index in [1.807, 2.05) is 24.4 Å². The number of halogens is 1. The predicted octanol–water partition coefficient (Wildman–Crippen LogP) is 2.18. The molecule has 0 radical (unpaired) electrons. The lowest BCUT2D eigenvalue weighted by Gasteiger charge is -2.20. The van der Waals surface area contributed by atoms with E-state index in [0.29, 0.717) is 10.8 Å². The Bertz CT molecular complexity index is 671. The molecule has 0 spiro atoms. The van der Waals surface area contributed by atoms with Crippen molar-refractivity contribution in [3.63, 3.8) is 0 Å². The lowest BCUT2D eigenvalue weighted by atomic mass is 10.0. The molecule has 1 saturated heterocycles. The fraction of sp³-hybridized carbons (Fsp3) is 0.615. The zero-order valence-electron chi connectivity index (χ0n) is 11.3. The van der Waals surface area contributed by atoms with E-state index in [-0.39, 0.29) is 18.1 Å². The molecule has 2 aromatic rings. The Balaban J connectivity index is 1.75. The van der Waals surface area contributed by atoms with Crippen LogP contribution in [0.1, 0.15) is 38.4 Å². The molecule has 1 saturated carbocycles. The molecule has 0 aromatic carbocycles. The van der Waals surface area contributed by atoms with Crippen LogP contribution in [-0.2, 0) is 9.47 Å². The maximum Gasteiger partial charge on any atom is 0.198 e. The van der Waals surface area contributed by atoms with Gasteiger partial charge in [0.25, 0.3) is 0 Å². The van der Waals surface area contributed by atoms with E-state index in [9.17, 15) is 0 Å². The third-order valence-electron chi connectivity index (χ3n) is 4.02. The predicted molar refractivity (Wildman–Crippen MR) is 71.6 cm³/mol. The first-order chi connectivity index (χ1) is 9.55. The third kappa shape index (κ3) is 1.75. The average Bonchev–Trinajstić information content (AvgIpc) is 3.01. The highest BCUT2D eigenvalue weighted by Crippen LogP contribution is 2.45. The molecule has 2 aromatic heterocycles. The standard InChI is InChI=1S/C13H15ClN4O2/c1-13(2)19-8-4-3-7(9(8)20-13)11-16-17-12-10(14)15-5-6-18(11)12/h5-9H,3-4H2,1-2H3/t7-,8?,9?/m1/s1. The summed E-state index contributed by atoms with van der Waals surface area (Å²) < 4.78 is 13.9. The Morgan fingerprint density at radius 1 is 1.30 bits per heavy atom. The second kappa shape index (κ2) is 4.13. The number of aromatic nitrogens is 4. The quantitative estimate of drug-likeness (QED) is 0.807. The highest BCUT2D eigenvalue weighted by Gasteiger charge is 2.50. The first-order valence-electron chi connectivity index (χ1n) is 6.76. The molecule has 2 fully saturated rings. The van der Waals surface area contributed by atoms with Gasteiger partial charge in [0.05, 0.1) is 12.2 Å². The van der Waals surface area contributed by atoms with Gasteiger partial charge in [0.1, 0.15) is 5.82 Å². The van der Waals surface area contributed by atoms with E-state index in [0.717, 1.165) is 18.7 Å². The molecule has 0 amide bonds. The van der Waals surface area contributed by atoms with Crippen molar-refractivity contribution >= 4 is 17.2 Å². The van der Waals surface area contributed by atoms with Crippen LogP contribution in [0, 0.1) is 0 Å². The minimum absolute atomic E-state index is 0.0318. The fourth-order valence-electron chi connectivity index (χ4n) is 3.28. The van der Waals surface area contributed by atoms with Crippen molar-refractivity contribution in [1.82, 2.24) is 19.6 Å². The molecule has 0 N–H and O–H groups in total. The number of hydrogen-bond donors (Lipinski definition) is 0. The van der Waals surface area contributed by atoms with Gasteiger partial charge in [-0.05, 0) is 26.7 Å². The van der Waals surface area contributed by atoms with Crippen molar-refractivity contribution < 1.29 is 9.47 Å². The van der Waals surface area contributed by atoms with Crippen LogP contribution in [0.2, 0.25) is 5.15 Å². The second-order valence-corrected chi connectivity index (χ2v) is 6.15. The van der Waals surface area contributed by atoms with Crippen LogP contribution in [-0.4, -0.2) is 37.6 Å². The van der Waals surface area contributed by atoms with Crippen LogP contribution in [0.3, 0.4) is 0 Å². The van der Waals surface area contributed by atoms with Gasteiger partial charge in [-0.1, -0.05) is 11.6 Å². The zero-order chi connectivity index (χ0) is 13.9. The molecule has 1 aliphatic carbocycles. The van der Waals surface area contributed by atoms with Gasteiger partial charge in [-0.15, -0.1) is 10.2 Å². The summed E-state index contributed by atoms with van der Waals surface area (Å²) >= 11 is 6.04. The number of ether oxygens (including phenoxy) is 2. The first-order valence-corrected chi connectivity index (χ1v) is 7.14. The van der Waals surface area contributed by atoms with E-state index >= 15 is 0 Å². The van der Waals surface area contributed by atoms with Crippen LogP contribution in [0.5, 0.6) is 0 Å². The van der Waals surface area contributed by atoms with Crippen molar-refractivity contribution in [2.75, 3.05) is 0 Å². The maximum atomic E-state index is 6.04. The third-order valence-corrected chi connectivity index (χ3v) is 4.29. The van der Waals surface area contributed by atoms with Gasteiger partial charge in [0.15, 0.2) is 16.6 Å². The molecule has 20 heavy (non-hydrogen) atoms. The molecular weight excluding hydrogens is 280 g/mol. The molecule has 4 rings (SSSR count). The average molecular weight is 295 g/mol. The topological polar surface area (TPSA) is 61.5 Å². The van der Waals surface area contributed by atoms with Crippen LogP contribution < -0.4 is 0 Å². The lowest BCUT2D eigenvalue weighted by molar-refractivity contribution is -0.153. The van der Waals surface area contributed by atoms with E-state index in [1.165, 1.54) is 0 Å². The van der Waals surface area contributed by atoms with Gasteiger partial charge in [-0.3, -0.25) is 4.40 Å². The van der Waals surface area contributed by atoms with Crippen LogP contribution >= 0.6 is 11.6 Å². The molecular formula is C13H15ClN4O2. The van der Waals surface area contributed by atoms with Crippen molar-refractivity contribution in [3.8, 4) is 0 Å². The van der Waals surface area contributed by atoms with E-state index in [2.05, 4.69) is 15.2 Å². The number of fused-ring (bicyclic) bond motifs is 2. The number of rotatable bonds is 1. The Kier molecular flexibility index (Phi) is 2.58. The summed E-state index contributed by atoms with van der Waals surface area (Å²) in [4.78, 5) is 4.02.